The van der Waals surface area contributed by atoms with Crippen LogP contribution in [0, 0.1) is 0 Å². The Bertz CT molecular complexity index is 1330. The smallest absolute Gasteiger partial charge is 0.339 e. The Labute approximate surface area is 198 Å². The molecule has 0 saturated carbocycles. The van der Waals surface area contributed by atoms with Crippen molar-refractivity contribution in [2.75, 3.05) is 4.72 Å². The number of rotatable bonds is 8. The van der Waals surface area contributed by atoms with E-state index in [4.69, 9.17) is 15.3 Å². The summed E-state index contributed by atoms with van der Waals surface area (Å²) >= 11 is 0. The standard InChI is InChI=1S/C18H14N4O5S.C3H4O4/c23-16-9-6-13(11-15(16)18(24)25)21-20-12-4-7-14(8-5-12)28(26,27)22-17-3-1-2-10-19-17;4-2(5)1-3(6)7/h1-11,23H,(H,19,22)(H,24,25);1H2,(H,4,5)(H,6,7). The van der Waals surface area contributed by atoms with Crippen LogP contribution in [0.25, 0.3) is 0 Å². The Morgan fingerprint density at radius 1 is 0.857 bits per heavy atom. The van der Waals surface area contributed by atoms with Crippen LogP contribution in [0.2, 0.25) is 0 Å². The number of hydrogen-bond acceptors (Lipinski definition) is 9. The number of aromatic carboxylic acids is 1. The maximum Gasteiger partial charge on any atom is 0.339 e. The van der Waals surface area contributed by atoms with Gasteiger partial charge in [-0.2, -0.15) is 10.2 Å². The van der Waals surface area contributed by atoms with Crippen LogP contribution in [-0.2, 0) is 19.6 Å². The molecule has 0 atom stereocenters. The SMILES string of the molecule is O=C(O)CC(=O)O.O=C(O)c1cc(N=Nc2ccc(S(=O)(=O)Nc3ccccn3)cc2)ccc1O. The van der Waals surface area contributed by atoms with E-state index in [-0.39, 0.29) is 27.7 Å². The number of nitrogens with one attached hydrogen (secondary N) is 1. The first-order valence-electron chi connectivity index (χ1n) is 9.43. The molecule has 0 fully saturated rings. The minimum Gasteiger partial charge on any atom is -0.507 e. The van der Waals surface area contributed by atoms with Crippen LogP contribution < -0.4 is 4.72 Å². The number of hydrogen-bond donors (Lipinski definition) is 5. The quantitative estimate of drug-likeness (QED) is 0.224. The van der Waals surface area contributed by atoms with E-state index >= 15 is 0 Å². The molecule has 182 valence electrons. The van der Waals surface area contributed by atoms with Gasteiger partial charge in [-0.1, -0.05) is 6.07 Å². The van der Waals surface area contributed by atoms with E-state index in [0.717, 1.165) is 0 Å². The summed E-state index contributed by atoms with van der Waals surface area (Å²) in [6.45, 7) is 0. The molecule has 3 rings (SSSR count). The van der Waals surface area contributed by atoms with Gasteiger partial charge in [0.05, 0.1) is 16.3 Å². The normalized spacial score (nSPS) is 10.7. The largest absolute Gasteiger partial charge is 0.507 e. The maximum atomic E-state index is 12.3. The number of nitrogens with zero attached hydrogens (tertiary/aromatic N) is 3. The monoisotopic (exact) mass is 502 g/mol. The van der Waals surface area contributed by atoms with Crippen LogP contribution in [0.1, 0.15) is 16.8 Å². The Morgan fingerprint density at radius 3 is 1.97 bits per heavy atom. The number of pyridine rings is 1. The lowest BCUT2D eigenvalue weighted by atomic mass is 10.2. The summed E-state index contributed by atoms with van der Waals surface area (Å²) in [6, 6.07) is 14.3. The minimum atomic E-state index is -3.79. The molecule has 0 aliphatic heterocycles. The molecule has 1 aromatic heterocycles. The molecule has 5 N–H and O–H groups in total. The van der Waals surface area contributed by atoms with E-state index < -0.39 is 34.4 Å². The number of aliphatic carboxylic acids is 2. The molecule has 2 aromatic carbocycles. The van der Waals surface area contributed by atoms with Crippen LogP contribution in [0.15, 0.2) is 82.0 Å². The zero-order valence-corrected chi connectivity index (χ0v) is 18.5. The molecule has 1 heterocycles. The van der Waals surface area contributed by atoms with E-state index in [9.17, 15) is 27.9 Å². The number of carbonyl (C=O) groups is 3. The van der Waals surface area contributed by atoms with Crippen molar-refractivity contribution in [3.63, 3.8) is 0 Å². The molecule has 0 saturated heterocycles. The molecule has 0 amide bonds. The molecule has 14 heteroatoms. The summed E-state index contributed by atoms with van der Waals surface area (Å²) in [5, 5.41) is 41.7. The second-order valence-corrected chi connectivity index (χ2v) is 8.17. The summed E-state index contributed by atoms with van der Waals surface area (Å²) in [7, 11) is -3.79. The van der Waals surface area contributed by atoms with E-state index in [1.807, 2.05) is 0 Å². The van der Waals surface area contributed by atoms with Gasteiger partial charge in [-0.05, 0) is 54.6 Å². The van der Waals surface area contributed by atoms with Gasteiger partial charge >= 0.3 is 17.9 Å². The van der Waals surface area contributed by atoms with E-state index in [2.05, 4.69) is 19.9 Å². The maximum absolute atomic E-state index is 12.3. The fraction of sp³-hybridized carbons (Fsp3) is 0.0476. The van der Waals surface area contributed by atoms with Crippen LogP contribution in [0.5, 0.6) is 5.75 Å². The molecule has 0 spiro atoms. The molecule has 35 heavy (non-hydrogen) atoms. The third-order valence-corrected chi connectivity index (χ3v) is 5.22. The third kappa shape index (κ3) is 8.54. The summed E-state index contributed by atoms with van der Waals surface area (Å²) in [5.74, 6) is -4.08. The lowest BCUT2D eigenvalue weighted by molar-refractivity contribution is -0.147. The molecule has 0 radical (unpaired) electrons. The highest BCUT2D eigenvalue weighted by atomic mass is 32.2. The predicted molar refractivity (Wildman–Crippen MR) is 121 cm³/mol. The summed E-state index contributed by atoms with van der Waals surface area (Å²) in [4.78, 5) is 33.8. The van der Waals surface area contributed by atoms with Gasteiger partial charge < -0.3 is 20.4 Å². The Morgan fingerprint density at radius 2 is 1.46 bits per heavy atom. The van der Waals surface area contributed by atoms with Gasteiger partial charge in [-0.25, -0.2) is 18.2 Å². The Kier molecular flexibility index (Phi) is 8.94. The van der Waals surface area contributed by atoms with Gasteiger partial charge in [0.2, 0.25) is 0 Å². The molecule has 0 unspecified atom stereocenters. The minimum absolute atomic E-state index is 0.0231. The number of anilines is 1. The number of carboxylic acid groups (broad SMARTS) is 3. The van der Waals surface area contributed by atoms with Crippen LogP contribution >= 0.6 is 0 Å². The van der Waals surface area contributed by atoms with E-state index in [1.165, 1.54) is 54.7 Å². The summed E-state index contributed by atoms with van der Waals surface area (Å²) < 4.78 is 27.0. The highest BCUT2D eigenvalue weighted by molar-refractivity contribution is 7.92. The highest BCUT2D eigenvalue weighted by Crippen LogP contribution is 2.26. The molecule has 0 bridgehead atoms. The second-order valence-electron chi connectivity index (χ2n) is 6.49. The van der Waals surface area contributed by atoms with Crippen molar-refractivity contribution >= 4 is 45.1 Å². The zero-order valence-electron chi connectivity index (χ0n) is 17.6. The Balaban J connectivity index is 0.000000540. The van der Waals surface area contributed by atoms with Crippen molar-refractivity contribution in [2.24, 2.45) is 10.2 Å². The fourth-order valence-electron chi connectivity index (χ4n) is 2.31. The Hall–Kier alpha value is -4.85. The van der Waals surface area contributed by atoms with Crippen molar-refractivity contribution in [2.45, 2.75) is 11.3 Å². The molecule has 3 aromatic rings. The summed E-state index contributed by atoms with van der Waals surface area (Å²) in [5.41, 5.74) is 0.295. The number of carboxylic acids is 3. The highest BCUT2D eigenvalue weighted by Gasteiger charge is 2.14. The first-order valence-corrected chi connectivity index (χ1v) is 10.9. The summed E-state index contributed by atoms with van der Waals surface area (Å²) in [6.07, 6.45) is 0.667. The van der Waals surface area contributed by atoms with Crippen molar-refractivity contribution < 1.29 is 43.2 Å². The average molecular weight is 502 g/mol. The van der Waals surface area contributed by atoms with Crippen molar-refractivity contribution in [3.05, 3.63) is 72.4 Å². The predicted octanol–water partition coefficient (Wildman–Crippen LogP) is 3.25. The van der Waals surface area contributed by atoms with Crippen molar-refractivity contribution in [3.8, 4) is 5.75 Å². The van der Waals surface area contributed by atoms with Gasteiger partial charge in [-0.15, -0.1) is 0 Å². The van der Waals surface area contributed by atoms with Crippen LogP contribution in [0.3, 0.4) is 0 Å². The van der Waals surface area contributed by atoms with Crippen molar-refractivity contribution in [1.29, 1.82) is 0 Å². The lowest BCUT2D eigenvalue weighted by Gasteiger charge is -2.07. The number of benzene rings is 2. The number of sulfonamides is 1. The van der Waals surface area contributed by atoms with Crippen LogP contribution in [0.4, 0.5) is 17.2 Å². The first kappa shape index (κ1) is 26.4. The molecular formula is C21H18N4O9S. The number of aromatic hydroxyl groups is 1. The second kappa shape index (κ2) is 11.9. The number of phenols is 1. The van der Waals surface area contributed by atoms with Crippen LogP contribution in [-0.4, -0.2) is 51.7 Å². The third-order valence-electron chi connectivity index (χ3n) is 3.84. The fourth-order valence-corrected chi connectivity index (χ4v) is 3.32. The van der Waals surface area contributed by atoms with Gasteiger partial charge in [0.1, 0.15) is 23.6 Å². The zero-order chi connectivity index (χ0) is 26.0. The average Bonchev–Trinajstić information content (AvgIpc) is 2.78. The molecular weight excluding hydrogens is 484 g/mol. The van der Waals surface area contributed by atoms with Gasteiger partial charge in [0.15, 0.2) is 0 Å². The van der Waals surface area contributed by atoms with Gasteiger partial charge in [-0.3, -0.25) is 14.3 Å². The number of aromatic nitrogens is 1. The van der Waals surface area contributed by atoms with Gasteiger partial charge in [0, 0.05) is 6.20 Å². The topological polar surface area (TPSA) is 216 Å². The van der Waals surface area contributed by atoms with E-state index in [1.54, 1.807) is 12.1 Å². The molecule has 0 aliphatic rings. The van der Waals surface area contributed by atoms with E-state index in [0.29, 0.717) is 5.69 Å². The lowest BCUT2D eigenvalue weighted by Crippen LogP contribution is -2.13. The molecule has 0 aliphatic carbocycles. The van der Waals surface area contributed by atoms with Crippen molar-refractivity contribution in [1.82, 2.24) is 4.98 Å². The first-order chi connectivity index (χ1) is 16.5. The molecule has 13 nitrogen and oxygen atoms in total. The number of azo groups is 1. The van der Waals surface area contributed by atoms with Gasteiger partial charge in [0.25, 0.3) is 10.0 Å².